The van der Waals surface area contributed by atoms with E-state index in [1.807, 2.05) is 0 Å². The first-order valence-electron chi connectivity index (χ1n) is 5.99. The van der Waals surface area contributed by atoms with Crippen molar-refractivity contribution in [3.05, 3.63) is 16.4 Å². The lowest BCUT2D eigenvalue weighted by Crippen LogP contribution is -2.56. The normalized spacial score (nSPS) is 22.1. The number of hydrogen-bond donors (Lipinski definition) is 1. The van der Waals surface area contributed by atoms with Gasteiger partial charge in [-0.2, -0.15) is 28.4 Å². The van der Waals surface area contributed by atoms with Crippen molar-refractivity contribution in [2.45, 2.75) is 38.2 Å². The lowest BCUT2D eigenvalue weighted by Gasteiger charge is -2.32. The average molecular weight is 369 g/mol. The largest absolute Gasteiger partial charge is 0.438 e. The van der Waals surface area contributed by atoms with Crippen molar-refractivity contribution < 1.29 is 23.1 Å². The van der Waals surface area contributed by atoms with Crippen LogP contribution >= 0.6 is 15.9 Å². The number of alkyl halides is 3. The molecule has 0 saturated carbocycles. The molecule has 0 saturated heterocycles. The Balaban J connectivity index is 2.04. The highest BCUT2D eigenvalue weighted by atomic mass is 79.9. The lowest BCUT2D eigenvalue weighted by molar-refractivity contribution is -0.302. The molecule has 1 aromatic rings. The maximum atomic E-state index is 12.8. The molecule has 0 fully saturated rings. The van der Waals surface area contributed by atoms with Crippen LogP contribution in [0.3, 0.4) is 0 Å². The van der Waals surface area contributed by atoms with Crippen molar-refractivity contribution in [3.8, 4) is 0 Å². The van der Waals surface area contributed by atoms with Crippen LogP contribution in [0.2, 0.25) is 0 Å². The molecule has 0 bridgehead atoms. The predicted molar refractivity (Wildman–Crippen MR) is 70.2 cm³/mol. The maximum Gasteiger partial charge on any atom is 0.438 e. The lowest BCUT2D eigenvalue weighted by atomic mass is 10.1. The van der Waals surface area contributed by atoms with Crippen LogP contribution in [0.25, 0.3) is 0 Å². The van der Waals surface area contributed by atoms with Crippen LogP contribution in [0, 0.1) is 6.92 Å². The van der Waals surface area contributed by atoms with E-state index in [2.05, 4.69) is 26.1 Å². The van der Waals surface area contributed by atoms with Crippen molar-refractivity contribution in [2.75, 3.05) is 0 Å². The maximum absolute atomic E-state index is 12.8. The molecule has 2 heterocycles. The molecule has 1 atom stereocenters. The zero-order chi connectivity index (χ0) is 15.8. The SMILES string of the molecule is Cc1nn(CCC(=O)N2N=CC[C@]2(O)C(F)(F)F)cc1Br. The molecule has 0 radical (unpaired) electrons. The van der Waals surface area contributed by atoms with E-state index in [9.17, 15) is 23.1 Å². The van der Waals surface area contributed by atoms with Crippen LogP contribution in [0.5, 0.6) is 0 Å². The van der Waals surface area contributed by atoms with E-state index in [4.69, 9.17) is 0 Å². The van der Waals surface area contributed by atoms with Gasteiger partial charge in [-0.3, -0.25) is 9.48 Å². The van der Waals surface area contributed by atoms with Gasteiger partial charge in [0.1, 0.15) is 0 Å². The number of aryl methyl sites for hydroxylation is 2. The molecular weight excluding hydrogens is 357 g/mol. The van der Waals surface area contributed by atoms with Gasteiger partial charge in [0.25, 0.3) is 5.72 Å². The summed E-state index contributed by atoms with van der Waals surface area (Å²) in [7, 11) is 0. The first-order valence-corrected chi connectivity index (χ1v) is 6.78. The number of hydrogen-bond acceptors (Lipinski definition) is 4. The molecule has 1 N–H and O–H groups in total. The van der Waals surface area contributed by atoms with E-state index in [1.165, 1.54) is 4.68 Å². The third-order valence-corrected chi connectivity index (χ3v) is 3.83. The van der Waals surface area contributed by atoms with Gasteiger partial charge in [0.15, 0.2) is 0 Å². The predicted octanol–water partition coefficient (Wildman–Crippen LogP) is 1.81. The Labute approximate surface area is 126 Å². The van der Waals surface area contributed by atoms with Gasteiger partial charge in [-0.1, -0.05) is 0 Å². The van der Waals surface area contributed by atoms with Crippen LogP contribution in [-0.4, -0.2) is 43.9 Å². The number of halogens is 4. The van der Waals surface area contributed by atoms with Gasteiger partial charge in [-0.15, -0.1) is 0 Å². The quantitative estimate of drug-likeness (QED) is 0.884. The highest BCUT2D eigenvalue weighted by molar-refractivity contribution is 9.10. The summed E-state index contributed by atoms with van der Waals surface area (Å²) in [6.07, 6.45) is -3.51. The van der Waals surface area contributed by atoms with Crippen molar-refractivity contribution >= 4 is 28.1 Å². The molecule has 116 valence electrons. The summed E-state index contributed by atoms with van der Waals surface area (Å²) in [5.41, 5.74) is -2.56. The van der Waals surface area contributed by atoms with Crippen molar-refractivity contribution in [2.24, 2.45) is 5.10 Å². The van der Waals surface area contributed by atoms with Gasteiger partial charge in [0.2, 0.25) is 5.91 Å². The average Bonchev–Trinajstić information content (AvgIpc) is 2.91. The topological polar surface area (TPSA) is 70.7 Å². The molecule has 10 heteroatoms. The van der Waals surface area contributed by atoms with Crippen LogP contribution in [0.15, 0.2) is 15.8 Å². The fraction of sp³-hybridized carbons (Fsp3) is 0.545. The van der Waals surface area contributed by atoms with Crippen molar-refractivity contribution in [3.63, 3.8) is 0 Å². The number of amides is 1. The third kappa shape index (κ3) is 2.95. The minimum atomic E-state index is -4.97. The highest BCUT2D eigenvalue weighted by Gasteiger charge is 2.61. The monoisotopic (exact) mass is 368 g/mol. The standard InChI is InChI=1S/C11H12BrF3N4O2/c1-7-8(12)6-18(17-7)5-2-9(20)19-10(21,3-4-16-19)11(13,14)15/h4,6,21H,2-3,5H2,1H3/t10-/m0/s1. The van der Waals surface area contributed by atoms with Crippen molar-refractivity contribution in [1.29, 1.82) is 0 Å². The number of carbonyl (C=O) groups is 1. The van der Waals surface area contributed by atoms with E-state index in [-0.39, 0.29) is 18.0 Å². The first-order chi connectivity index (χ1) is 9.65. The number of aliphatic hydroxyl groups is 1. The molecule has 0 aromatic carbocycles. The number of nitrogens with zero attached hydrogens (tertiary/aromatic N) is 4. The molecule has 0 spiro atoms. The Hall–Kier alpha value is -1.42. The third-order valence-electron chi connectivity index (χ3n) is 3.05. The number of hydrazone groups is 1. The second-order valence-corrected chi connectivity index (χ2v) is 5.45. The summed E-state index contributed by atoms with van der Waals surface area (Å²) in [6.45, 7) is 1.83. The number of rotatable bonds is 3. The van der Waals surface area contributed by atoms with E-state index >= 15 is 0 Å². The smallest absolute Gasteiger partial charge is 0.362 e. The minimum Gasteiger partial charge on any atom is -0.362 e. The van der Waals surface area contributed by atoms with Crippen LogP contribution in [0.1, 0.15) is 18.5 Å². The van der Waals surface area contributed by atoms with Crippen LogP contribution < -0.4 is 0 Å². The van der Waals surface area contributed by atoms with E-state index in [1.54, 1.807) is 13.1 Å². The van der Waals surface area contributed by atoms with Gasteiger partial charge in [0.05, 0.1) is 10.2 Å². The summed E-state index contributed by atoms with van der Waals surface area (Å²) < 4.78 is 40.7. The van der Waals surface area contributed by atoms with E-state index in [0.717, 1.165) is 10.7 Å². The number of carbonyl (C=O) groups excluding carboxylic acids is 1. The molecule has 2 rings (SSSR count). The van der Waals surface area contributed by atoms with E-state index in [0.29, 0.717) is 5.69 Å². The van der Waals surface area contributed by atoms with Gasteiger partial charge < -0.3 is 5.11 Å². The Bertz CT molecular complexity index is 567. The molecule has 1 aliphatic rings. The Morgan fingerprint density at radius 1 is 1.57 bits per heavy atom. The minimum absolute atomic E-state index is 0.0885. The van der Waals surface area contributed by atoms with Gasteiger partial charge in [0, 0.05) is 31.8 Å². The summed E-state index contributed by atoms with van der Waals surface area (Å²) in [6, 6.07) is 0. The Kier molecular flexibility index (Phi) is 4.11. The molecule has 6 nitrogen and oxygen atoms in total. The molecule has 1 aliphatic heterocycles. The van der Waals surface area contributed by atoms with Crippen LogP contribution in [0.4, 0.5) is 13.2 Å². The summed E-state index contributed by atoms with van der Waals surface area (Å²) in [5.74, 6) is -0.923. The Morgan fingerprint density at radius 3 is 2.76 bits per heavy atom. The number of aromatic nitrogens is 2. The molecular formula is C11H12BrF3N4O2. The second-order valence-electron chi connectivity index (χ2n) is 4.60. The summed E-state index contributed by atoms with van der Waals surface area (Å²) in [5, 5.41) is 17.1. The van der Waals surface area contributed by atoms with Gasteiger partial charge in [-0.25, -0.2) is 0 Å². The fourth-order valence-corrected chi connectivity index (χ4v) is 2.18. The molecule has 1 aromatic heterocycles. The zero-order valence-corrected chi connectivity index (χ0v) is 12.5. The van der Waals surface area contributed by atoms with Crippen molar-refractivity contribution in [1.82, 2.24) is 14.8 Å². The molecule has 21 heavy (non-hydrogen) atoms. The van der Waals surface area contributed by atoms with Gasteiger partial charge >= 0.3 is 6.18 Å². The molecule has 0 unspecified atom stereocenters. The zero-order valence-electron chi connectivity index (χ0n) is 10.9. The first kappa shape index (κ1) is 16.0. The summed E-state index contributed by atoms with van der Waals surface area (Å²) >= 11 is 3.24. The van der Waals surface area contributed by atoms with Crippen LogP contribution in [-0.2, 0) is 11.3 Å². The molecule has 1 amide bonds. The second kappa shape index (κ2) is 5.41. The molecule has 0 aliphatic carbocycles. The summed E-state index contributed by atoms with van der Waals surface area (Å²) in [4.78, 5) is 11.9. The Morgan fingerprint density at radius 2 is 2.24 bits per heavy atom. The van der Waals surface area contributed by atoms with E-state index < -0.39 is 24.2 Å². The van der Waals surface area contributed by atoms with Gasteiger partial charge in [-0.05, 0) is 22.9 Å². The highest BCUT2D eigenvalue weighted by Crippen LogP contribution is 2.38. The fourth-order valence-electron chi connectivity index (χ4n) is 1.86.